The molecule has 2 N–H and O–H groups in total. The number of sulfone groups is 1. The molecule has 0 saturated heterocycles. The summed E-state index contributed by atoms with van der Waals surface area (Å²) >= 11 is 0. The predicted molar refractivity (Wildman–Crippen MR) is 113 cm³/mol. The molecule has 1 aliphatic carbocycles. The molecule has 0 bridgehead atoms. The molecule has 0 amide bonds. The average molecular weight is 389 g/mol. The SMILES string of the molecule is O=S(=O)(CCCCNCCNC1CCCCC1)c1ccc2ccccc2c1. The second-order valence-electron chi connectivity index (χ2n) is 7.57. The van der Waals surface area contributed by atoms with E-state index in [2.05, 4.69) is 10.6 Å². The number of hydrogen-bond acceptors (Lipinski definition) is 4. The Morgan fingerprint density at radius 1 is 0.852 bits per heavy atom. The molecule has 0 atom stereocenters. The zero-order valence-electron chi connectivity index (χ0n) is 16.1. The number of benzene rings is 2. The van der Waals surface area contributed by atoms with Gasteiger partial charge in [-0.3, -0.25) is 0 Å². The Kier molecular flexibility index (Phi) is 7.68. The molecule has 2 aromatic rings. The lowest BCUT2D eigenvalue weighted by Gasteiger charge is -2.22. The molecular weight excluding hydrogens is 356 g/mol. The maximum absolute atomic E-state index is 12.6. The Bertz CT molecular complexity index is 814. The zero-order valence-corrected chi connectivity index (χ0v) is 16.9. The third-order valence-electron chi connectivity index (χ3n) is 5.44. The van der Waals surface area contributed by atoms with Crippen LogP contribution in [0.1, 0.15) is 44.9 Å². The lowest BCUT2D eigenvalue weighted by atomic mass is 9.95. The fourth-order valence-corrected chi connectivity index (χ4v) is 5.22. The maximum atomic E-state index is 12.6. The predicted octanol–water partition coefficient (Wildman–Crippen LogP) is 3.91. The Morgan fingerprint density at radius 3 is 2.44 bits per heavy atom. The van der Waals surface area contributed by atoms with Gasteiger partial charge in [0.2, 0.25) is 0 Å². The van der Waals surface area contributed by atoms with Gasteiger partial charge < -0.3 is 10.6 Å². The van der Waals surface area contributed by atoms with Crippen molar-refractivity contribution in [2.24, 2.45) is 0 Å². The molecule has 27 heavy (non-hydrogen) atoms. The van der Waals surface area contributed by atoms with Gasteiger partial charge in [-0.15, -0.1) is 0 Å². The van der Waals surface area contributed by atoms with Gasteiger partial charge in [0.25, 0.3) is 0 Å². The lowest BCUT2D eigenvalue weighted by molar-refractivity contribution is 0.372. The minimum Gasteiger partial charge on any atom is -0.315 e. The lowest BCUT2D eigenvalue weighted by Crippen LogP contribution is -2.36. The van der Waals surface area contributed by atoms with E-state index in [1.165, 1.54) is 32.1 Å². The van der Waals surface area contributed by atoms with Crippen molar-refractivity contribution < 1.29 is 8.42 Å². The van der Waals surface area contributed by atoms with Crippen LogP contribution in [0.2, 0.25) is 0 Å². The molecule has 1 aliphatic rings. The number of fused-ring (bicyclic) bond motifs is 1. The maximum Gasteiger partial charge on any atom is 0.178 e. The van der Waals surface area contributed by atoms with E-state index in [0.29, 0.717) is 17.4 Å². The van der Waals surface area contributed by atoms with E-state index in [1.54, 1.807) is 12.1 Å². The van der Waals surface area contributed by atoms with Crippen LogP contribution < -0.4 is 10.6 Å². The third-order valence-corrected chi connectivity index (χ3v) is 7.23. The first-order chi connectivity index (χ1) is 13.1. The normalized spacial score (nSPS) is 16.0. The Balaban J connectivity index is 1.33. The number of unbranched alkanes of at least 4 members (excludes halogenated alkanes) is 1. The van der Waals surface area contributed by atoms with Crippen molar-refractivity contribution >= 4 is 20.6 Å². The molecule has 0 radical (unpaired) electrons. The molecule has 0 heterocycles. The molecule has 148 valence electrons. The second kappa shape index (κ2) is 10.2. The summed E-state index contributed by atoms with van der Waals surface area (Å²) in [6.45, 7) is 2.83. The Hall–Kier alpha value is -1.43. The summed E-state index contributed by atoms with van der Waals surface area (Å²) in [5.41, 5.74) is 0. The van der Waals surface area contributed by atoms with Gasteiger partial charge in [0.1, 0.15) is 0 Å². The highest BCUT2D eigenvalue weighted by molar-refractivity contribution is 7.91. The van der Waals surface area contributed by atoms with Crippen LogP contribution in [0.25, 0.3) is 10.8 Å². The summed E-state index contributed by atoms with van der Waals surface area (Å²) in [6, 6.07) is 14.0. The first-order valence-electron chi connectivity index (χ1n) is 10.3. The van der Waals surface area contributed by atoms with Crippen LogP contribution in [0, 0.1) is 0 Å². The van der Waals surface area contributed by atoms with Gasteiger partial charge >= 0.3 is 0 Å². The van der Waals surface area contributed by atoms with Gasteiger partial charge in [-0.05, 0) is 55.1 Å². The van der Waals surface area contributed by atoms with Gasteiger partial charge in [-0.1, -0.05) is 49.6 Å². The Morgan fingerprint density at radius 2 is 1.63 bits per heavy atom. The van der Waals surface area contributed by atoms with Crippen LogP contribution in [-0.2, 0) is 9.84 Å². The van der Waals surface area contributed by atoms with Crippen LogP contribution in [0.15, 0.2) is 47.4 Å². The van der Waals surface area contributed by atoms with Crippen LogP contribution >= 0.6 is 0 Å². The van der Waals surface area contributed by atoms with Crippen molar-refractivity contribution in [1.29, 1.82) is 0 Å². The highest BCUT2D eigenvalue weighted by atomic mass is 32.2. The Labute approximate surface area is 163 Å². The van der Waals surface area contributed by atoms with Crippen LogP contribution in [-0.4, -0.2) is 39.8 Å². The van der Waals surface area contributed by atoms with Gasteiger partial charge in [0.15, 0.2) is 9.84 Å². The molecule has 2 aromatic carbocycles. The van der Waals surface area contributed by atoms with Crippen molar-refractivity contribution in [3.8, 4) is 0 Å². The van der Waals surface area contributed by atoms with E-state index in [4.69, 9.17) is 0 Å². The molecular formula is C22H32N2O2S. The van der Waals surface area contributed by atoms with Crippen LogP contribution in [0.4, 0.5) is 0 Å². The molecule has 0 aromatic heterocycles. The highest BCUT2D eigenvalue weighted by Gasteiger charge is 2.14. The fraction of sp³-hybridized carbons (Fsp3) is 0.545. The molecule has 1 fully saturated rings. The first-order valence-corrected chi connectivity index (χ1v) is 12.0. The molecule has 0 aliphatic heterocycles. The van der Waals surface area contributed by atoms with E-state index < -0.39 is 9.84 Å². The fourth-order valence-electron chi connectivity index (χ4n) is 3.82. The number of rotatable bonds is 10. The third kappa shape index (κ3) is 6.30. The van der Waals surface area contributed by atoms with E-state index >= 15 is 0 Å². The summed E-state index contributed by atoms with van der Waals surface area (Å²) in [5.74, 6) is 0.216. The second-order valence-corrected chi connectivity index (χ2v) is 9.68. The molecule has 5 heteroatoms. The van der Waals surface area contributed by atoms with Crippen molar-refractivity contribution in [3.05, 3.63) is 42.5 Å². The minimum atomic E-state index is -3.20. The minimum absolute atomic E-state index is 0.216. The monoisotopic (exact) mass is 388 g/mol. The average Bonchev–Trinajstić information content (AvgIpc) is 2.70. The molecule has 0 spiro atoms. The summed E-state index contributed by atoms with van der Waals surface area (Å²) in [4.78, 5) is 0.436. The highest BCUT2D eigenvalue weighted by Crippen LogP contribution is 2.20. The van der Waals surface area contributed by atoms with Gasteiger partial charge in [0.05, 0.1) is 10.6 Å². The van der Waals surface area contributed by atoms with Gasteiger partial charge in [-0.25, -0.2) is 8.42 Å². The van der Waals surface area contributed by atoms with E-state index in [0.717, 1.165) is 36.8 Å². The van der Waals surface area contributed by atoms with Crippen LogP contribution in [0.5, 0.6) is 0 Å². The largest absolute Gasteiger partial charge is 0.315 e. The molecule has 4 nitrogen and oxygen atoms in total. The van der Waals surface area contributed by atoms with E-state index in [1.807, 2.05) is 30.3 Å². The van der Waals surface area contributed by atoms with E-state index in [-0.39, 0.29) is 5.75 Å². The van der Waals surface area contributed by atoms with Gasteiger partial charge in [0, 0.05) is 19.1 Å². The van der Waals surface area contributed by atoms with Crippen molar-refractivity contribution in [2.45, 2.75) is 55.9 Å². The molecule has 1 saturated carbocycles. The van der Waals surface area contributed by atoms with Crippen molar-refractivity contribution in [2.75, 3.05) is 25.4 Å². The quantitative estimate of drug-likeness (QED) is 0.606. The number of hydrogen-bond donors (Lipinski definition) is 2. The standard InChI is InChI=1S/C22H32N2O2S/c25-27(26,22-13-12-19-8-4-5-9-20(19)18-22)17-7-6-14-23-15-16-24-21-10-2-1-3-11-21/h4-5,8-9,12-13,18,21,23-24H,1-3,6-7,10-11,14-17H2. The summed E-state index contributed by atoms with van der Waals surface area (Å²) in [6.07, 6.45) is 8.31. The zero-order chi connectivity index (χ0) is 19.0. The summed E-state index contributed by atoms with van der Waals surface area (Å²) in [5, 5.41) is 9.08. The van der Waals surface area contributed by atoms with Gasteiger partial charge in [-0.2, -0.15) is 0 Å². The van der Waals surface area contributed by atoms with Crippen molar-refractivity contribution in [1.82, 2.24) is 10.6 Å². The number of nitrogens with one attached hydrogen (secondary N) is 2. The first kappa shape index (κ1) is 20.3. The summed E-state index contributed by atoms with van der Waals surface area (Å²) < 4.78 is 25.1. The molecule has 0 unspecified atom stereocenters. The topological polar surface area (TPSA) is 58.2 Å². The van der Waals surface area contributed by atoms with Crippen LogP contribution in [0.3, 0.4) is 0 Å². The molecule has 3 rings (SSSR count). The van der Waals surface area contributed by atoms with Crippen molar-refractivity contribution in [3.63, 3.8) is 0 Å². The smallest absolute Gasteiger partial charge is 0.178 e. The van der Waals surface area contributed by atoms with E-state index in [9.17, 15) is 8.42 Å². The summed E-state index contributed by atoms with van der Waals surface area (Å²) in [7, 11) is -3.20.